The molecule has 0 fully saturated rings. The summed E-state index contributed by atoms with van der Waals surface area (Å²) in [7, 11) is 0. The maximum atomic E-state index is 12.6. The molecule has 0 radical (unpaired) electrons. The number of aromatic nitrogens is 3. The van der Waals surface area contributed by atoms with E-state index < -0.39 is 0 Å². The Morgan fingerprint density at radius 3 is 2.85 bits per heavy atom. The van der Waals surface area contributed by atoms with Crippen LogP contribution in [0.3, 0.4) is 0 Å². The fourth-order valence-corrected chi connectivity index (χ4v) is 3.08. The molecule has 8 heteroatoms. The Morgan fingerprint density at radius 2 is 2.07 bits per heavy atom. The molecule has 0 atom stereocenters. The van der Waals surface area contributed by atoms with Crippen LogP contribution >= 0.6 is 11.3 Å². The Balaban J connectivity index is 1.61. The lowest BCUT2D eigenvalue weighted by atomic mass is 10.2. The van der Waals surface area contributed by atoms with Gasteiger partial charge >= 0.3 is 0 Å². The van der Waals surface area contributed by atoms with Gasteiger partial charge in [-0.25, -0.2) is 4.98 Å². The molecule has 138 valence electrons. The summed E-state index contributed by atoms with van der Waals surface area (Å²) in [5.41, 5.74) is 2.36. The molecule has 0 aliphatic carbocycles. The minimum atomic E-state index is -0.211. The molecule has 2 amide bonds. The van der Waals surface area contributed by atoms with Crippen LogP contribution in [0.4, 0.5) is 5.13 Å². The van der Waals surface area contributed by atoms with Gasteiger partial charge in [-0.2, -0.15) is 0 Å². The van der Waals surface area contributed by atoms with Crippen molar-refractivity contribution in [2.24, 2.45) is 0 Å². The third-order valence-corrected chi connectivity index (χ3v) is 4.44. The number of carbonyl (C=O) groups excluding carboxylic acids is 2. The Bertz CT molecular complexity index is 946. The number of rotatable bonds is 7. The van der Waals surface area contributed by atoms with Crippen LogP contribution in [-0.4, -0.2) is 32.9 Å². The molecule has 27 heavy (non-hydrogen) atoms. The van der Waals surface area contributed by atoms with Crippen molar-refractivity contribution in [3.05, 3.63) is 71.3 Å². The number of pyridine rings is 1. The van der Waals surface area contributed by atoms with E-state index in [0.29, 0.717) is 23.9 Å². The lowest BCUT2D eigenvalue weighted by molar-refractivity contribution is -0.118. The summed E-state index contributed by atoms with van der Waals surface area (Å²) in [6.07, 6.45) is 8.94. The van der Waals surface area contributed by atoms with Gasteiger partial charge in [-0.3, -0.25) is 19.9 Å². The average molecular weight is 381 g/mol. The van der Waals surface area contributed by atoms with Crippen molar-refractivity contribution in [3.63, 3.8) is 0 Å². The minimum absolute atomic E-state index is 0.0827. The predicted molar refractivity (Wildman–Crippen MR) is 106 cm³/mol. The number of amides is 2. The molecule has 3 heterocycles. The first-order valence-corrected chi connectivity index (χ1v) is 9.21. The Morgan fingerprint density at radius 1 is 1.26 bits per heavy atom. The van der Waals surface area contributed by atoms with Crippen LogP contribution in [0.1, 0.15) is 28.7 Å². The van der Waals surface area contributed by atoms with Gasteiger partial charge < -0.3 is 9.88 Å². The number of hydrogen-bond acceptors (Lipinski definition) is 5. The van der Waals surface area contributed by atoms with Gasteiger partial charge in [0, 0.05) is 44.0 Å². The zero-order valence-corrected chi connectivity index (χ0v) is 15.6. The van der Waals surface area contributed by atoms with Crippen molar-refractivity contribution in [2.75, 3.05) is 11.9 Å². The molecule has 3 aromatic heterocycles. The topological polar surface area (TPSA) is 88.9 Å². The first-order chi connectivity index (χ1) is 13.1. The lowest BCUT2D eigenvalue weighted by Gasteiger charge is -2.08. The maximum absolute atomic E-state index is 12.6. The van der Waals surface area contributed by atoms with Crippen LogP contribution in [0.15, 0.2) is 54.3 Å². The first kappa shape index (κ1) is 18.5. The number of anilines is 1. The Hall–Kier alpha value is -3.26. The molecular formula is C19H19N5O2S. The highest BCUT2D eigenvalue weighted by Crippen LogP contribution is 2.18. The van der Waals surface area contributed by atoms with Gasteiger partial charge in [0.05, 0.1) is 5.69 Å². The molecule has 0 saturated carbocycles. The molecule has 0 aromatic carbocycles. The molecule has 0 bridgehead atoms. The van der Waals surface area contributed by atoms with E-state index in [9.17, 15) is 9.59 Å². The number of nitrogens with one attached hydrogen (secondary N) is 2. The summed E-state index contributed by atoms with van der Waals surface area (Å²) >= 11 is 1.35. The molecule has 0 unspecified atom stereocenters. The highest BCUT2D eigenvalue weighted by Gasteiger charge is 2.13. The van der Waals surface area contributed by atoms with Gasteiger partial charge in [-0.15, -0.1) is 11.3 Å². The number of nitrogens with zero attached hydrogens (tertiary/aromatic N) is 3. The second-order valence-corrected chi connectivity index (χ2v) is 6.61. The molecule has 2 N–H and O–H groups in total. The van der Waals surface area contributed by atoms with E-state index in [2.05, 4.69) is 20.6 Å². The summed E-state index contributed by atoms with van der Waals surface area (Å²) in [4.78, 5) is 31.8. The van der Waals surface area contributed by atoms with Gasteiger partial charge in [0.2, 0.25) is 5.91 Å². The van der Waals surface area contributed by atoms with E-state index in [0.717, 1.165) is 11.3 Å². The SMILES string of the molecule is CC(=O)NC/C=C/c1csc(NC(=O)c2cccn2Cc2ccncc2)n1. The Kier molecular flexibility index (Phi) is 6.11. The predicted octanol–water partition coefficient (Wildman–Crippen LogP) is 2.79. The van der Waals surface area contributed by atoms with Gasteiger partial charge in [0.1, 0.15) is 5.69 Å². The van der Waals surface area contributed by atoms with E-state index >= 15 is 0 Å². The van der Waals surface area contributed by atoms with Crippen LogP contribution in [0.25, 0.3) is 6.08 Å². The monoisotopic (exact) mass is 381 g/mol. The lowest BCUT2D eigenvalue weighted by Crippen LogP contribution is -2.19. The summed E-state index contributed by atoms with van der Waals surface area (Å²) in [5, 5.41) is 7.87. The number of carbonyl (C=O) groups is 2. The third-order valence-electron chi connectivity index (χ3n) is 3.66. The molecule has 3 rings (SSSR count). The second-order valence-electron chi connectivity index (χ2n) is 5.75. The molecule has 7 nitrogen and oxygen atoms in total. The largest absolute Gasteiger partial charge is 0.353 e. The smallest absolute Gasteiger partial charge is 0.274 e. The molecule has 3 aromatic rings. The van der Waals surface area contributed by atoms with Crippen molar-refractivity contribution in [1.29, 1.82) is 0 Å². The van der Waals surface area contributed by atoms with Crippen molar-refractivity contribution in [3.8, 4) is 0 Å². The van der Waals surface area contributed by atoms with Gasteiger partial charge in [0.15, 0.2) is 5.13 Å². The summed E-state index contributed by atoms with van der Waals surface area (Å²) in [5.74, 6) is -0.294. The van der Waals surface area contributed by atoms with E-state index in [1.807, 2.05) is 40.4 Å². The maximum Gasteiger partial charge on any atom is 0.274 e. The molecule has 0 aliphatic rings. The van der Waals surface area contributed by atoms with E-state index in [1.165, 1.54) is 18.3 Å². The van der Waals surface area contributed by atoms with Gasteiger partial charge in [-0.05, 0) is 35.9 Å². The van der Waals surface area contributed by atoms with E-state index in [1.54, 1.807) is 24.5 Å². The number of hydrogen-bond donors (Lipinski definition) is 2. The number of thiazole rings is 1. The quantitative estimate of drug-likeness (QED) is 0.659. The van der Waals surface area contributed by atoms with Crippen molar-refractivity contribution >= 4 is 34.4 Å². The van der Waals surface area contributed by atoms with Gasteiger partial charge in [0.25, 0.3) is 5.91 Å². The first-order valence-electron chi connectivity index (χ1n) is 8.34. The standard InChI is InChI=1S/C19H19N5O2S/c1-14(25)21-8-2-4-16-13-27-19(22-16)23-18(26)17-5-3-11-24(17)12-15-6-9-20-10-7-15/h2-7,9-11,13H,8,12H2,1H3,(H,21,25)(H,22,23,26)/b4-2+. The van der Waals surface area contributed by atoms with Crippen molar-refractivity contribution in [2.45, 2.75) is 13.5 Å². The third kappa shape index (κ3) is 5.35. The molecule has 0 spiro atoms. The van der Waals surface area contributed by atoms with E-state index in [4.69, 9.17) is 0 Å². The molecular weight excluding hydrogens is 362 g/mol. The van der Waals surface area contributed by atoms with E-state index in [-0.39, 0.29) is 11.8 Å². The normalized spacial score (nSPS) is 10.9. The van der Waals surface area contributed by atoms with Crippen LogP contribution in [0.2, 0.25) is 0 Å². The van der Waals surface area contributed by atoms with Crippen LogP contribution < -0.4 is 10.6 Å². The zero-order valence-electron chi connectivity index (χ0n) is 14.8. The highest BCUT2D eigenvalue weighted by molar-refractivity contribution is 7.14. The van der Waals surface area contributed by atoms with Crippen molar-refractivity contribution in [1.82, 2.24) is 19.9 Å². The van der Waals surface area contributed by atoms with Crippen molar-refractivity contribution < 1.29 is 9.59 Å². The van der Waals surface area contributed by atoms with Crippen LogP contribution in [0.5, 0.6) is 0 Å². The fraction of sp³-hybridized carbons (Fsp3) is 0.158. The van der Waals surface area contributed by atoms with Gasteiger partial charge in [-0.1, -0.05) is 6.08 Å². The summed E-state index contributed by atoms with van der Waals surface area (Å²) in [6.45, 7) is 2.50. The summed E-state index contributed by atoms with van der Waals surface area (Å²) < 4.78 is 1.88. The average Bonchev–Trinajstić information content (AvgIpc) is 3.29. The Labute approximate surface area is 160 Å². The second kappa shape index (κ2) is 8.91. The molecule has 0 saturated heterocycles. The molecule has 0 aliphatic heterocycles. The van der Waals surface area contributed by atoms with Crippen LogP contribution in [0, 0.1) is 0 Å². The minimum Gasteiger partial charge on any atom is -0.353 e. The zero-order chi connectivity index (χ0) is 19.1. The fourth-order valence-electron chi connectivity index (χ4n) is 2.41. The summed E-state index contributed by atoms with van der Waals surface area (Å²) in [6, 6.07) is 7.46. The highest BCUT2D eigenvalue weighted by atomic mass is 32.1. The van der Waals surface area contributed by atoms with Crippen LogP contribution in [-0.2, 0) is 11.3 Å².